The van der Waals surface area contributed by atoms with E-state index >= 15 is 0 Å². The van der Waals surface area contributed by atoms with Crippen LogP contribution < -0.4 is 10.4 Å². The number of nitrogens with zero attached hydrogens (tertiary/aromatic N) is 3. The maximum Gasteiger partial charge on any atom is 0.271 e. The molecule has 0 saturated carbocycles. The summed E-state index contributed by atoms with van der Waals surface area (Å²) < 4.78 is 28.6. The molecule has 0 saturated heterocycles. The molecule has 0 spiro atoms. The van der Waals surface area contributed by atoms with Crippen molar-refractivity contribution in [2.75, 3.05) is 0 Å². The Hall–Kier alpha value is -3.23. The third-order valence-electron chi connectivity index (χ3n) is 3.11. The lowest BCUT2D eigenvalue weighted by Crippen LogP contribution is -2.14. The standard InChI is InChI=1S/C16H7F2N3/c1-9(7-19)10-3-4-12-11(15(10)17)5-6-13(16(12)18)14(8-20)21-2/h3-6H,1H3/b10-9-,14-13-. The van der Waals surface area contributed by atoms with Gasteiger partial charge in [0.15, 0.2) is 0 Å². The fraction of sp³-hybridized carbons (Fsp3) is 0.0625. The van der Waals surface area contributed by atoms with Crippen molar-refractivity contribution in [2.45, 2.75) is 6.92 Å². The molecular weight excluding hydrogens is 272 g/mol. The second-order valence-electron chi connectivity index (χ2n) is 4.26. The van der Waals surface area contributed by atoms with Gasteiger partial charge >= 0.3 is 0 Å². The minimum atomic E-state index is -0.819. The van der Waals surface area contributed by atoms with Gasteiger partial charge in [0.25, 0.3) is 5.70 Å². The first-order valence-corrected chi connectivity index (χ1v) is 5.84. The van der Waals surface area contributed by atoms with Crippen molar-refractivity contribution >= 4 is 22.0 Å². The summed E-state index contributed by atoms with van der Waals surface area (Å²) in [4.78, 5) is 2.95. The van der Waals surface area contributed by atoms with Crippen molar-refractivity contribution in [3.05, 3.63) is 57.8 Å². The van der Waals surface area contributed by atoms with E-state index in [4.69, 9.17) is 17.1 Å². The Kier molecular flexibility index (Phi) is 3.65. The second kappa shape index (κ2) is 5.41. The van der Waals surface area contributed by atoms with E-state index in [0.717, 1.165) is 0 Å². The molecule has 0 N–H and O–H groups in total. The van der Waals surface area contributed by atoms with Gasteiger partial charge in [-0.3, -0.25) is 0 Å². The van der Waals surface area contributed by atoms with Crippen molar-refractivity contribution in [2.24, 2.45) is 0 Å². The van der Waals surface area contributed by atoms with Crippen molar-refractivity contribution < 1.29 is 8.78 Å². The third kappa shape index (κ3) is 2.20. The number of benzene rings is 2. The molecule has 0 heterocycles. The highest BCUT2D eigenvalue weighted by atomic mass is 19.1. The third-order valence-corrected chi connectivity index (χ3v) is 3.11. The van der Waals surface area contributed by atoms with Crippen LogP contribution in [0, 0.1) is 40.9 Å². The van der Waals surface area contributed by atoms with E-state index in [9.17, 15) is 8.78 Å². The van der Waals surface area contributed by atoms with E-state index in [2.05, 4.69) is 4.85 Å². The van der Waals surface area contributed by atoms with Crippen LogP contribution in [0.1, 0.15) is 6.92 Å². The van der Waals surface area contributed by atoms with E-state index in [1.165, 1.54) is 31.2 Å². The SMILES string of the molecule is [C-]#[N+]/C(C#N)=c1/ccc2c(F)/c(=C(/C)C#N)ccc2c1F. The molecule has 2 aromatic carbocycles. The minimum absolute atomic E-state index is 0.00520. The zero-order valence-corrected chi connectivity index (χ0v) is 10.9. The Morgan fingerprint density at radius 2 is 1.52 bits per heavy atom. The highest BCUT2D eigenvalue weighted by Gasteiger charge is 2.11. The van der Waals surface area contributed by atoms with Crippen molar-refractivity contribution in [1.29, 1.82) is 10.5 Å². The predicted octanol–water partition coefficient (Wildman–Crippen LogP) is 2.36. The van der Waals surface area contributed by atoms with Gasteiger partial charge in [0.05, 0.1) is 18.7 Å². The Labute approximate surface area is 119 Å². The van der Waals surface area contributed by atoms with Gasteiger partial charge in [-0.1, -0.05) is 24.3 Å². The summed E-state index contributed by atoms with van der Waals surface area (Å²) >= 11 is 0. The van der Waals surface area contributed by atoms with Gasteiger partial charge in [0.1, 0.15) is 11.6 Å². The Balaban J connectivity index is 3.05. The van der Waals surface area contributed by atoms with Gasteiger partial charge < -0.3 is 0 Å². The average Bonchev–Trinajstić information content (AvgIpc) is 2.50. The first kappa shape index (κ1) is 14.2. The van der Waals surface area contributed by atoms with E-state index < -0.39 is 17.3 Å². The number of rotatable bonds is 0. The summed E-state index contributed by atoms with van der Waals surface area (Å²) in [5, 5.41) is 17.5. The quantitative estimate of drug-likeness (QED) is 0.695. The first-order chi connectivity index (χ1) is 10.0. The monoisotopic (exact) mass is 279 g/mol. The molecule has 0 aromatic heterocycles. The molecule has 3 nitrogen and oxygen atoms in total. The van der Waals surface area contributed by atoms with Crippen molar-refractivity contribution in [3.8, 4) is 12.1 Å². The molecule has 5 heteroatoms. The molecular formula is C16H7F2N3. The lowest BCUT2D eigenvalue weighted by molar-refractivity contribution is 0.619. The van der Waals surface area contributed by atoms with Crippen molar-refractivity contribution in [1.82, 2.24) is 0 Å². The average molecular weight is 279 g/mol. The van der Waals surface area contributed by atoms with Crippen LogP contribution in [-0.2, 0) is 0 Å². The molecule has 0 aliphatic rings. The number of hydrogen-bond acceptors (Lipinski definition) is 2. The predicted molar refractivity (Wildman–Crippen MR) is 73.4 cm³/mol. The Bertz CT molecular complexity index is 983. The molecule has 0 aliphatic heterocycles. The van der Waals surface area contributed by atoms with Crippen molar-refractivity contribution in [3.63, 3.8) is 0 Å². The summed E-state index contributed by atoms with van der Waals surface area (Å²) in [5.74, 6) is -1.52. The highest BCUT2D eigenvalue weighted by Crippen LogP contribution is 2.17. The molecule has 2 rings (SSSR count). The lowest BCUT2D eigenvalue weighted by atomic mass is 10.0. The second-order valence-corrected chi connectivity index (χ2v) is 4.26. The molecule has 0 amide bonds. The van der Waals surface area contributed by atoms with Gasteiger partial charge in [-0.25, -0.2) is 18.9 Å². The van der Waals surface area contributed by atoms with Gasteiger partial charge in [0.2, 0.25) is 0 Å². The summed E-state index contributed by atoms with van der Waals surface area (Å²) in [5.41, 5.74) is -0.206. The van der Waals surface area contributed by atoms with Crippen LogP contribution in [0.4, 0.5) is 8.78 Å². The topological polar surface area (TPSA) is 51.9 Å². The van der Waals surface area contributed by atoms with Crippen LogP contribution in [0.15, 0.2) is 24.3 Å². The molecule has 21 heavy (non-hydrogen) atoms. The summed E-state index contributed by atoms with van der Waals surface area (Å²) in [7, 11) is 0. The molecule has 0 fully saturated rings. The molecule has 2 aromatic rings. The van der Waals surface area contributed by atoms with E-state index in [1.807, 2.05) is 6.07 Å². The van der Waals surface area contributed by atoms with Crippen LogP contribution in [0.2, 0.25) is 0 Å². The van der Waals surface area contributed by atoms with Gasteiger partial charge in [-0.05, 0) is 6.92 Å². The highest BCUT2D eigenvalue weighted by molar-refractivity contribution is 5.86. The molecule has 0 unspecified atom stereocenters. The summed E-state index contributed by atoms with van der Waals surface area (Å²) in [6.07, 6.45) is 0. The molecule has 100 valence electrons. The number of fused-ring (bicyclic) bond motifs is 1. The smallest absolute Gasteiger partial charge is 0.226 e. The van der Waals surface area contributed by atoms with Crippen LogP contribution in [-0.4, -0.2) is 0 Å². The minimum Gasteiger partial charge on any atom is -0.226 e. The van der Waals surface area contributed by atoms with Gasteiger partial charge in [-0.2, -0.15) is 5.26 Å². The fourth-order valence-electron chi connectivity index (χ4n) is 2.01. The number of halogens is 2. The van der Waals surface area contributed by atoms with E-state index in [-0.39, 0.29) is 26.8 Å². The lowest BCUT2D eigenvalue weighted by Gasteiger charge is -2.03. The first-order valence-electron chi connectivity index (χ1n) is 5.84. The van der Waals surface area contributed by atoms with Crippen LogP contribution in [0.3, 0.4) is 0 Å². The molecule has 0 aliphatic carbocycles. The summed E-state index contributed by atoms with van der Waals surface area (Å²) in [6.45, 7) is 8.31. The molecule has 0 atom stereocenters. The maximum absolute atomic E-state index is 14.3. The normalized spacial score (nSPS) is 13.0. The molecule has 0 bridgehead atoms. The maximum atomic E-state index is 14.3. The zero-order valence-electron chi connectivity index (χ0n) is 10.9. The van der Waals surface area contributed by atoms with E-state index in [1.54, 1.807) is 6.07 Å². The number of hydrogen-bond donors (Lipinski definition) is 0. The van der Waals surface area contributed by atoms with Gasteiger partial charge in [0, 0.05) is 26.8 Å². The van der Waals surface area contributed by atoms with E-state index in [0.29, 0.717) is 0 Å². The Morgan fingerprint density at radius 1 is 1.00 bits per heavy atom. The van der Waals surface area contributed by atoms with Crippen LogP contribution >= 0.6 is 0 Å². The molecule has 0 radical (unpaired) electrons. The van der Waals surface area contributed by atoms with Gasteiger partial charge in [-0.15, -0.1) is 0 Å². The Morgan fingerprint density at radius 3 is 2.00 bits per heavy atom. The zero-order chi connectivity index (χ0) is 15.6. The van der Waals surface area contributed by atoms with Crippen LogP contribution in [0.5, 0.6) is 0 Å². The number of nitriles is 2. The van der Waals surface area contributed by atoms with Crippen LogP contribution in [0.25, 0.3) is 26.9 Å². The fourth-order valence-corrected chi connectivity index (χ4v) is 2.01. The summed E-state index contributed by atoms with van der Waals surface area (Å²) in [6, 6.07) is 8.61. The largest absolute Gasteiger partial charge is 0.271 e.